The van der Waals surface area contributed by atoms with Crippen LogP contribution in [-0.2, 0) is 30.4 Å². The zero-order chi connectivity index (χ0) is 43.3. The summed E-state index contributed by atoms with van der Waals surface area (Å²) in [5, 5.41) is 6.89. The molecule has 0 N–H and O–H groups in total. The second kappa shape index (κ2) is 18.7. The molecule has 316 valence electrons. The Morgan fingerprint density at radius 2 is 1.48 bits per heavy atom. The molecule has 60 heavy (non-hydrogen) atoms. The van der Waals surface area contributed by atoms with E-state index in [2.05, 4.69) is 5.16 Å². The normalized spacial score (nSPS) is 12.9. The number of fused-ring (bicyclic) bond motifs is 5. The highest BCUT2D eigenvalue weighted by Crippen LogP contribution is 2.39. The van der Waals surface area contributed by atoms with E-state index in [1.54, 1.807) is 57.4 Å². The number of halogens is 4. The number of carbonyl (C=O) groups is 2. The molecule has 0 aliphatic rings. The summed E-state index contributed by atoms with van der Waals surface area (Å²) in [4.78, 5) is 32.1. The average Bonchev–Trinajstić information content (AvgIpc) is 3.51. The molecule has 1 unspecified atom stereocenters. The fourth-order valence-corrected chi connectivity index (χ4v) is 7.50. The van der Waals surface area contributed by atoms with Crippen molar-refractivity contribution in [1.29, 1.82) is 0 Å². The lowest BCUT2D eigenvalue weighted by Gasteiger charge is -2.24. The van der Waals surface area contributed by atoms with Crippen LogP contribution < -0.4 is 4.74 Å². The Morgan fingerprint density at radius 3 is 2.15 bits per heavy atom. The van der Waals surface area contributed by atoms with Crippen LogP contribution in [0.15, 0.2) is 90.1 Å². The first-order chi connectivity index (χ1) is 28.6. The lowest BCUT2D eigenvalue weighted by Crippen LogP contribution is -2.37. The molecule has 9 nitrogen and oxygen atoms in total. The highest BCUT2D eigenvalue weighted by atomic mass is 19.3. The molecule has 1 aromatic heterocycles. The van der Waals surface area contributed by atoms with Crippen LogP contribution >= 0.6 is 0 Å². The van der Waals surface area contributed by atoms with Crippen LogP contribution in [0.4, 0.5) is 17.6 Å². The van der Waals surface area contributed by atoms with Crippen LogP contribution in [0.5, 0.6) is 5.75 Å². The van der Waals surface area contributed by atoms with Gasteiger partial charge >= 0.3 is 18.3 Å². The Labute approximate surface area is 345 Å². The summed E-state index contributed by atoms with van der Waals surface area (Å²) in [6.07, 6.45) is -5.33. The molecular weight excluding hydrogens is 781 g/mol. The van der Waals surface area contributed by atoms with Gasteiger partial charge in [0.25, 0.3) is 0 Å². The molecule has 0 fully saturated rings. The maximum atomic E-state index is 14.7. The zero-order valence-electron chi connectivity index (χ0n) is 34.6. The van der Waals surface area contributed by atoms with Crippen molar-refractivity contribution < 1.29 is 50.9 Å². The largest absolute Gasteiger partial charge is 0.490 e. The van der Waals surface area contributed by atoms with Crippen LogP contribution in [-0.4, -0.2) is 80.1 Å². The van der Waals surface area contributed by atoms with Gasteiger partial charge in [0.2, 0.25) is 0 Å². The van der Waals surface area contributed by atoms with Gasteiger partial charge in [-0.2, -0.15) is 8.78 Å². The van der Waals surface area contributed by atoms with Crippen LogP contribution in [0.3, 0.4) is 0 Å². The number of benzene rings is 5. The topological polar surface area (TPSA) is 97.6 Å². The molecule has 0 bridgehead atoms. The Balaban J connectivity index is 1.64. The standard InChI is InChI=1S/C47H48F4N2O7/c1-27(2)58-25-33(59-26-47(50,51)46(48)49)24-53-40-17-16-32(43(52-60-31(6)54)36-14-10-11-15-41(36)57-19-18-56-7)22-37(40)38-23-39(34-12-8-9-13-35(34)44(38)53)45(55)42-29(4)20-28(3)21-30(42)5/h8-17,20-23,27,33,46H,18-19,24-26H2,1-7H3/b52-43+. The summed E-state index contributed by atoms with van der Waals surface area (Å²) in [5.74, 6) is -4.76. The van der Waals surface area contributed by atoms with E-state index in [9.17, 15) is 27.2 Å². The molecular formula is C47H48F4N2O7. The molecule has 6 aromatic rings. The van der Waals surface area contributed by atoms with E-state index in [-0.39, 0.29) is 37.4 Å². The Hall–Kier alpha value is -5.63. The van der Waals surface area contributed by atoms with Gasteiger partial charge in [-0.25, -0.2) is 13.6 Å². The first-order valence-electron chi connectivity index (χ1n) is 19.6. The van der Waals surface area contributed by atoms with Gasteiger partial charge in [0.05, 0.1) is 37.5 Å². The molecule has 0 spiro atoms. The van der Waals surface area contributed by atoms with Gasteiger partial charge in [-0.1, -0.05) is 65.3 Å². The molecule has 0 amide bonds. The number of para-hydroxylation sites is 1. The number of methoxy groups -OCH3 is 1. The molecule has 6 rings (SSSR count). The average molecular weight is 829 g/mol. The number of carbonyl (C=O) groups excluding carboxylic acids is 2. The van der Waals surface area contributed by atoms with E-state index < -0.39 is 31.0 Å². The first-order valence-corrected chi connectivity index (χ1v) is 19.6. The van der Waals surface area contributed by atoms with E-state index in [1.165, 1.54) is 6.92 Å². The fraction of sp³-hybridized carbons (Fsp3) is 0.340. The lowest BCUT2D eigenvalue weighted by atomic mass is 9.89. The summed E-state index contributed by atoms with van der Waals surface area (Å²) in [6.45, 7) is 9.35. The van der Waals surface area contributed by atoms with Crippen LogP contribution in [0, 0.1) is 20.8 Å². The number of hydrogen-bond acceptors (Lipinski definition) is 8. The number of ketones is 1. The maximum absolute atomic E-state index is 14.7. The lowest BCUT2D eigenvalue weighted by molar-refractivity contribution is -0.183. The number of aromatic nitrogens is 1. The molecule has 1 atom stereocenters. The second-order valence-corrected chi connectivity index (χ2v) is 15.0. The van der Waals surface area contributed by atoms with E-state index >= 15 is 0 Å². The number of rotatable bonds is 18. The summed E-state index contributed by atoms with van der Waals surface area (Å²) < 4.78 is 79.8. The van der Waals surface area contributed by atoms with Crippen LogP contribution in [0.1, 0.15) is 64.5 Å². The van der Waals surface area contributed by atoms with Gasteiger partial charge in [0, 0.05) is 58.0 Å². The molecule has 0 aliphatic carbocycles. The van der Waals surface area contributed by atoms with E-state index in [4.69, 9.17) is 23.8 Å². The third kappa shape index (κ3) is 9.54. The van der Waals surface area contributed by atoms with Crippen LogP contribution in [0.2, 0.25) is 0 Å². The minimum atomic E-state index is -4.39. The predicted octanol–water partition coefficient (Wildman–Crippen LogP) is 10.2. The highest BCUT2D eigenvalue weighted by Gasteiger charge is 2.42. The molecule has 5 aromatic carbocycles. The number of nitrogens with zero attached hydrogens (tertiary/aromatic N) is 2. The van der Waals surface area contributed by atoms with Gasteiger partial charge < -0.3 is 28.4 Å². The molecule has 1 heterocycles. The highest BCUT2D eigenvalue weighted by molar-refractivity contribution is 6.27. The molecule has 0 saturated carbocycles. The SMILES string of the molecule is COCCOc1ccccc1/C(=N/OC(C)=O)c1ccc2c(c1)c1cc(C(=O)c3c(C)cc(C)cc3C)c3ccccc3c1n2CC(COC(C)C)OCC(F)(F)C(F)F. The molecule has 0 radical (unpaired) electrons. The zero-order valence-corrected chi connectivity index (χ0v) is 34.6. The summed E-state index contributed by atoms with van der Waals surface area (Å²) in [5.41, 5.74) is 6.26. The monoisotopic (exact) mass is 828 g/mol. The molecule has 0 saturated heterocycles. The Bertz CT molecular complexity index is 2540. The minimum Gasteiger partial charge on any atom is -0.490 e. The van der Waals surface area contributed by atoms with Gasteiger partial charge in [-0.3, -0.25) is 4.79 Å². The van der Waals surface area contributed by atoms with Gasteiger partial charge in [0.1, 0.15) is 24.7 Å². The van der Waals surface area contributed by atoms with E-state index in [1.807, 2.05) is 73.9 Å². The second-order valence-electron chi connectivity index (χ2n) is 15.0. The van der Waals surface area contributed by atoms with Gasteiger partial charge in [0.15, 0.2) is 5.78 Å². The van der Waals surface area contributed by atoms with Crippen molar-refractivity contribution in [3.05, 3.63) is 124 Å². The summed E-state index contributed by atoms with van der Waals surface area (Å²) in [7, 11) is 1.56. The number of ether oxygens (including phenoxy) is 4. The molecule has 0 aliphatic heterocycles. The van der Waals surface area contributed by atoms with Crippen molar-refractivity contribution in [2.45, 2.75) is 72.6 Å². The van der Waals surface area contributed by atoms with E-state index in [0.717, 1.165) is 16.7 Å². The maximum Gasteiger partial charge on any atom is 0.332 e. The first kappa shape index (κ1) is 43.9. The van der Waals surface area contributed by atoms with Gasteiger partial charge in [-0.15, -0.1) is 0 Å². The Morgan fingerprint density at radius 1 is 0.800 bits per heavy atom. The van der Waals surface area contributed by atoms with Crippen molar-refractivity contribution in [2.24, 2.45) is 5.16 Å². The smallest absolute Gasteiger partial charge is 0.332 e. The quantitative estimate of drug-likeness (QED) is 0.0213. The number of alkyl halides is 4. The predicted molar refractivity (Wildman–Crippen MR) is 224 cm³/mol. The fourth-order valence-electron chi connectivity index (χ4n) is 7.50. The molecule has 13 heteroatoms. The third-order valence-corrected chi connectivity index (χ3v) is 10.1. The Kier molecular flexibility index (Phi) is 13.7. The van der Waals surface area contributed by atoms with E-state index in [0.29, 0.717) is 67.2 Å². The van der Waals surface area contributed by atoms with Gasteiger partial charge in [-0.05, 0) is 81.5 Å². The summed E-state index contributed by atoms with van der Waals surface area (Å²) in [6, 6.07) is 25.7. The third-order valence-electron chi connectivity index (χ3n) is 10.1. The van der Waals surface area contributed by atoms with Crippen molar-refractivity contribution in [3.63, 3.8) is 0 Å². The van der Waals surface area contributed by atoms with Crippen molar-refractivity contribution in [1.82, 2.24) is 4.57 Å². The van der Waals surface area contributed by atoms with Crippen molar-refractivity contribution in [2.75, 3.05) is 33.5 Å². The van der Waals surface area contributed by atoms with Crippen molar-refractivity contribution >= 4 is 50.0 Å². The summed E-state index contributed by atoms with van der Waals surface area (Å²) >= 11 is 0. The van der Waals surface area contributed by atoms with Crippen LogP contribution in [0.25, 0.3) is 32.6 Å². The number of aryl methyl sites for hydroxylation is 3. The van der Waals surface area contributed by atoms with Crippen molar-refractivity contribution in [3.8, 4) is 5.75 Å². The number of oxime groups is 1. The minimum absolute atomic E-state index is 0.0799. The number of hydrogen-bond donors (Lipinski definition) is 0.